The van der Waals surface area contributed by atoms with Crippen molar-refractivity contribution >= 4 is 0 Å². The Morgan fingerprint density at radius 1 is 1.47 bits per heavy atom. The molecule has 1 aliphatic rings. The highest BCUT2D eigenvalue weighted by atomic mass is 19.1. The van der Waals surface area contributed by atoms with Crippen LogP contribution in [0, 0.1) is 18.7 Å². The quantitative estimate of drug-likeness (QED) is 0.884. The normalized spacial score (nSPS) is 21.8. The van der Waals surface area contributed by atoms with Gasteiger partial charge in [0.15, 0.2) is 0 Å². The van der Waals surface area contributed by atoms with E-state index in [1.807, 2.05) is 12.1 Å². The molecule has 1 fully saturated rings. The molecule has 1 heterocycles. The van der Waals surface area contributed by atoms with Crippen LogP contribution in [0.25, 0.3) is 0 Å². The maximum Gasteiger partial charge on any atom is 0.126 e. The minimum atomic E-state index is -0.153. The van der Waals surface area contributed by atoms with Crippen molar-refractivity contribution < 1.29 is 4.39 Å². The average molecular weight is 264 g/mol. The fourth-order valence-electron chi connectivity index (χ4n) is 2.78. The number of nitrogens with zero attached hydrogens (tertiary/aromatic N) is 1. The SMILES string of the molecule is CCC1CCN(CCC(N)c2ccc(C)c(F)c2)C1. The monoisotopic (exact) mass is 264 g/mol. The zero-order chi connectivity index (χ0) is 13.8. The van der Waals surface area contributed by atoms with Crippen LogP contribution in [0.1, 0.15) is 43.4 Å². The molecule has 0 amide bonds. The molecule has 2 N–H and O–H groups in total. The fourth-order valence-corrected chi connectivity index (χ4v) is 2.78. The van der Waals surface area contributed by atoms with E-state index in [1.165, 1.54) is 25.9 Å². The van der Waals surface area contributed by atoms with Crippen molar-refractivity contribution in [2.45, 2.75) is 39.2 Å². The molecular formula is C16H25FN2. The Labute approximate surface area is 115 Å². The smallest absolute Gasteiger partial charge is 0.126 e. The molecule has 0 saturated carbocycles. The van der Waals surface area contributed by atoms with E-state index < -0.39 is 0 Å². The molecule has 106 valence electrons. The third kappa shape index (κ3) is 3.77. The molecule has 1 aromatic carbocycles. The zero-order valence-corrected chi connectivity index (χ0v) is 12.0. The molecule has 19 heavy (non-hydrogen) atoms. The largest absolute Gasteiger partial charge is 0.324 e. The molecule has 1 aliphatic heterocycles. The van der Waals surface area contributed by atoms with Gasteiger partial charge < -0.3 is 10.6 Å². The number of nitrogens with two attached hydrogens (primary N) is 1. The lowest BCUT2D eigenvalue weighted by Gasteiger charge is -2.19. The predicted octanol–water partition coefficient (Wildman–Crippen LogP) is 3.26. The average Bonchev–Trinajstić information content (AvgIpc) is 2.87. The summed E-state index contributed by atoms with van der Waals surface area (Å²) in [5.41, 5.74) is 7.76. The van der Waals surface area contributed by atoms with Gasteiger partial charge in [0, 0.05) is 12.6 Å². The minimum absolute atomic E-state index is 0.0595. The van der Waals surface area contributed by atoms with Gasteiger partial charge in [0.2, 0.25) is 0 Å². The maximum atomic E-state index is 13.5. The Balaban J connectivity index is 1.84. The van der Waals surface area contributed by atoms with Gasteiger partial charge in [0.05, 0.1) is 0 Å². The summed E-state index contributed by atoms with van der Waals surface area (Å²) in [7, 11) is 0. The number of rotatable bonds is 5. The fraction of sp³-hybridized carbons (Fsp3) is 0.625. The van der Waals surface area contributed by atoms with Gasteiger partial charge in [-0.1, -0.05) is 25.5 Å². The van der Waals surface area contributed by atoms with Gasteiger partial charge in [-0.2, -0.15) is 0 Å². The molecule has 2 atom stereocenters. The molecule has 1 aromatic rings. The van der Waals surface area contributed by atoms with Crippen molar-refractivity contribution in [3.05, 3.63) is 35.1 Å². The Bertz CT molecular complexity index is 419. The van der Waals surface area contributed by atoms with E-state index in [0.29, 0.717) is 5.56 Å². The summed E-state index contributed by atoms with van der Waals surface area (Å²) in [5.74, 6) is 0.702. The van der Waals surface area contributed by atoms with Gasteiger partial charge in [-0.25, -0.2) is 4.39 Å². The van der Waals surface area contributed by atoms with Crippen molar-refractivity contribution in [2.24, 2.45) is 11.7 Å². The molecule has 0 aliphatic carbocycles. The Morgan fingerprint density at radius 3 is 2.89 bits per heavy atom. The summed E-state index contributed by atoms with van der Waals surface area (Å²) in [6.45, 7) is 7.45. The summed E-state index contributed by atoms with van der Waals surface area (Å²) in [4.78, 5) is 2.48. The number of benzene rings is 1. The van der Waals surface area contributed by atoms with E-state index in [4.69, 9.17) is 5.73 Å². The second kappa shape index (κ2) is 6.49. The van der Waals surface area contributed by atoms with Crippen molar-refractivity contribution in [3.8, 4) is 0 Å². The van der Waals surface area contributed by atoms with Crippen molar-refractivity contribution in [1.29, 1.82) is 0 Å². The van der Waals surface area contributed by atoms with E-state index in [-0.39, 0.29) is 11.9 Å². The lowest BCUT2D eigenvalue weighted by atomic mass is 10.0. The van der Waals surface area contributed by atoms with Crippen LogP contribution >= 0.6 is 0 Å². The molecule has 0 aromatic heterocycles. The van der Waals surface area contributed by atoms with Gasteiger partial charge in [0.1, 0.15) is 5.82 Å². The lowest BCUT2D eigenvalue weighted by Crippen LogP contribution is -2.25. The first-order valence-electron chi connectivity index (χ1n) is 7.34. The molecule has 3 heteroatoms. The van der Waals surface area contributed by atoms with E-state index in [2.05, 4.69) is 11.8 Å². The van der Waals surface area contributed by atoms with Crippen LogP contribution in [0.5, 0.6) is 0 Å². The molecular weight excluding hydrogens is 239 g/mol. The summed E-state index contributed by atoms with van der Waals surface area (Å²) < 4.78 is 13.5. The van der Waals surface area contributed by atoms with Gasteiger partial charge in [-0.05, 0) is 56.0 Å². The molecule has 1 saturated heterocycles. The van der Waals surface area contributed by atoms with Crippen LogP contribution in [0.2, 0.25) is 0 Å². The molecule has 0 radical (unpaired) electrons. The van der Waals surface area contributed by atoms with E-state index in [0.717, 1.165) is 24.4 Å². The number of hydrogen-bond donors (Lipinski definition) is 1. The van der Waals surface area contributed by atoms with E-state index in [1.54, 1.807) is 13.0 Å². The zero-order valence-electron chi connectivity index (χ0n) is 12.0. The van der Waals surface area contributed by atoms with Crippen molar-refractivity contribution in [3.63, 3.8) is 0 Å². The Kier molecular flexibility index (Phi) is 4.94. The van der Waals surface area contributed by atoms with Crippen LogP contribution < -0.4 is 5.73 Å². The molecule has 2 unspecified atom stereocenters. The predicted molar refractivity (Wildman–Crippen MR) is 77.5 cm³/mol. The van der Waals surface area contributed by atoms with Gasteiger partial charge in [-0.15, -0.1) is 0 Å². The Morgan fingerprint density at radius 2 is 2.26 bits per heavy atom. The topological polar surface area (TPSA) is 29.3 Å². The highest BCUT2D eigenvalue weighted by Gasteiger charge is 2.21. The van der Waals surface area contributed by atoms with Crippen molar-refractivity contribution in [1.82, 2.24) is 4.90 Å². The summed E-state index contributed by atoms with van der Waals surface area (Å²) >= 11 is 0. The van der Waals surface area contributed by atoms with Crippen LogP contribution in [0.3, 0.4) is 0 Å². The maximum absolute atomic E-state index is 13.5. The number of aryl methyl sites for hydroxylation is 1. The summed E-state index contributed by atoms with van der Waals surface area (Å²) in [6.07, 6.45) is 3.48. The van der Waals surface area contributed by atoms with E-state index >= 15 is 0 Å². The first kappa shape index (κ1) is 14.5. The molecule has 2 rings (SSSR count). The van der Waals surface area contributed by atoms with Crippen LogP contribution in [-0.2, 0) is 0 Å². The Hall–Kier alpha value is -0.930. The number of likely N-dealkylation sites (tertiary alicyclic amines) is 1. The second-order valence-electron chi connectivity index (χ2n) is 5.77. The number of halogens is 1. The summed E-state index contributed by atoms with van der Waals surface area (Å²) in [5, 5.41) is 0. The first-order chi connectivity index (χ1) is 9.10. The lowest BCUT2D eigenvalue weighted by molar-refractivity contribution is 0.308. The van der Waals surface area contributed by atoms with Gasteiger partial charge >= 0.3 is 0 Å². The van der Waals surface area contributed by atoms with Crippen LogP contribution in [0.4, 0.5) is 4.39 Å². The minimum Gasteiger partial charge on any atom is -0.324 e. The van der Waals surface area contributed by atoms with Crippen LogP contribution in [-0.4, -0.2) is 24.5 Å². The third-order valence-corrected chi connectivity index (χ3v) is 4.33. The van der Waals surface area contributed by atoms with Gasteiger partial charge in [0.25, 0.3) is 0 Å². The van der Waals surface area contributed by atoms with E-state index in [9.17, 15) is 4.39 Å². The highest BCUT2D eigenvalue weighted by Crippen LogP contribution is 2.22. The van der Waals surface area contributed by atoms with Gasteiger partial charge in [-0.3, -0.25) is 0 Å². The summed E-state index contributed by atoms with van der Waals surface area (Å²) in [6, 6.07) is 5.28. The van der Waals surface area contributed by atoms with Crippen molar-refractivity contribution in [2.75, 3.05) is 19.6 Å². The van der Waals surface area contributed by atoms with Crippen LogP contribution in [0.15, 0.2) is 18.2 Å². The molecule has 0 spiro atoms. The third-order valence-electron chi connectivity index (χ3n) is 4.33. The molecule has 0 bridgehead atoms. The number of hydrogen-bond acceptors (Lipinski definition) is 2. The standard InChI is InChI=1S/C16H25FN2/c1-3-13-6-8-19(11-13)9-7-16(18)14-5-4-12(2)15(17)10-14/h4-5,10,13,16H,3,6-9,11,18H2,1-2H3. The highest BCUT2D eigenvalue weighted by molar-refractivity contribution is 5.25. The molecule has 2 nitrogen and oxygen atoms in total. The first-order valence-corrected chi connectivity index (χ1v) is 7.34. The second-order valence-corrected chi connectivity index (χ2v) is 5.77.